The van der Waals surface area contributed by atoms with Crippen molar-refractivity contribution in [1.29, 1.82) is 0 Å². The van der Waals surface area contributed by atoms with E-state index in [1.54, 1.807) is 11.3 Å². The monoisotopic (exact) mass is 324 g/mol. The minimum atomic E-state index is 0.0258. The first-order valence-corrected chi connectivity index (χ1v) is 7.59. The smallest absolute Gasteiger partial charge is 0.111 e. The van der Waals surface area contributed by atoms with Crippen LogP contribution in [0.5, 0.6) is 0 Å². The van der Waals surface area contributed by atoms with Gasteiger partial charge >= 0.3 is 0 Å². The maximum absolute atomic E-state index is 6.16. The highest BCUT2D eigenvalue weighted by Gasteiger charge is 2.17. The van der Waals surface area contributed by atoms with Crippen LogP contribution in [0, 0.1) is 12.8 Å². The van der Waals surface area contributed by atoms with Crippen LogP contribution in [-0.2, 0) is 0 Å². The zero-order valence-electron chi connectivity index (χ0n) is 10.8. The topological polar surface area (TPSA) is 38.9 Å². The SMILES string of the molecule is Cc1sc(C(N)C(C)C)nc1-c1ccc(Br)cc1. The number of rotatable bonds is 3. The van der Waals surface area contributed by atoms with Gasteiger partial charge in [-0.25, -0.2) is 4.98 Å². The molecular formula is C14H17BrN2S. The summed E-state index contributed by atoms with van der Waals surface area (Å²) in [4.78, 5) is 5.93. The van der Waals surface area contributed by atoms with Gasteiger partial charge in [0.1, 0.15) is 5.01 Å². The van der Waals surface area contributed by atoms with Gasteiger partial charge < -0.3 is 5.73 Å². The van der Waals surface area contributed by atoms with Gasteiger partial charge in [0, 0.05) is 14.9 Å². The zero-order valence-corrected chi connectivity index (χ0v) is 13.2. The number of aryl methyl sites for hydroxylation is 1. The van der Waals surface area contributed by atoms with E-state index in [1.807, 2.05) is 12.1 Å². The summed E-state index contributed by atoms with van der Waals surface area (Å²) in [5.74, 6) is 0.410. The van der Waals surface area contributed by atoms with Gasteiger partial charge in [-0.05, 0) is 25.0 Å². The quantitative estimate of drug-likeness (QED) is 0.900. The van der Waals surface area contributed by atoms with E-state index in [1.165, 1.54) is 4.88 Å². The molecule has 0 spiro atoms. The lowest BCUT2D eigenvalue weighted by atomic mass is 10.1. The predicted molar refractivity (Wildman–Crippen MR) is 81.8 cm³/mol. The molecule has 0 fully saturated rings. The van der Waals surface area contributed by atoms with Gasteiger partial charge in [0.15, 0.2) is 0 Å². The minimum Gasteiger partial charge on any atom is -0.322 e. The van der Waals surface area contributed by atoms with Crippen molar-refractivity contribution in [3.8, 4) is 11.3 Å². The van der Waals surface area contributed by atoms with Gasteiger partial charge in [-0.15, -0.1) is 11.3 Å². The molecule has 0 bridgehead atoms. The summed E-state index contributed by atoms with van der Waals surface area (Å²) in [6.07, 6.45) is 0. The van der Waals surface area contributed by atoms with Gasteiger partial charge in [-0.1, -0.05) is 41.9 Å². The van der Waals surface area contributed by atoms with Gasteiger partial charge in [0.25, 0.3) is 0 Å². The molecule has 18 heavy (non-hydrogen) atoms. The van der Waals surface area contributed by atoms with Crippen LogP contribution >= 0.6 is 27.3 Å². The molecule has 0 radical (unpaired) electrons. The van der Waals surface area contributed by atoms with Crippen LogP contribution in [-0.4, -0.2) is 4.98 Å². The predicted octanol–water partition coefficient (Wildman–Crippen LogP) is 4.54. The Labute approximate surface area is 120 Å². The molecule has 2 rings (SSSR count). The van der Waals surface area contributed by atoms with Crippen LogP contribution in [0.3, 0.4) is 0 Å². The molecule has 0 aliphatic rings. The lowest BCUT2D eigenvalue weighted by Gasteiger charge is -2.11. The van der Waals surface area contributed by atoms with Gasteiger partial charge in [-0.2, -0.15) is 0 Å². The number of nitrogens with two attached hydrogens (primary N) is 1. The molecule has 96 valence electrons. The Kier molecular flexibility index (Phi) is 4.20. The number of benzene rings is 1. The van der Waals surface area contributed by atoms with E-state index in [9.17, 15) is 0 Å². The summed E-state index contributed by atoms with van der Waals surface area (Å²) in [7, 11) is 0. The molecular weight excluding hydrogens is 308 g/mol. The summed E-state index contributed by atoms with van der Waals surface area (Å²) in [5, 5.41) is 1.03. The Hall–Kier alpha value is -0.710. The second kappa shape index (κ2) is 5.51. The van der Waals surface area contributed by atoms with Crippen molar-refractivity contribution < 1.29 is 0 Å². The highest BCUT2D eigenvalue weighted by Crippen LogP contribution is 2.32. The highest BCUT2D eigenvalue weighted by atomic mass is 79.9. The number of aromatic nitrogens is 1. The summed E-state index contributed by atoms with van der Waals surface area (Å²) in [6, 6.07) is 8.26. The first-order valence-electron chi connectivity index (χ1n) is 5.98. The molecule has 1 atom stereocenters. The van der Waals surface area contributed by atoms with Crippen molar-refractivity contribution in [1.82, 2.24) is 4.98 Å². The van der Waals surface area contributed by atoms with E-state index in [2.05, 4.69) is 48.8 Å². The summed E-state index contributed by atoms with van der Waals surface area (Å²) >= 11 is 5.15. The maximum atomic E-state index is 6.16. The molecule has 0 aliphatic carbocycles. The van der Waals surface area contributed by atoms with Gasteiger partial charge in [-0.3, -0.25) is 0 Å². The van der Waals surface area contributed by atoms with Crippen molar-refractivity contribution in [3.63, 3.8) is 0 Å². The van der Waals surface area contributed by atoms with Crippen molar-refractivity contribution in [3.05, 3.63) is 38.6 Å². The second-order valence-corrected chi connectivity index (χ2v) is 6.88. The molecule has 2 nitrogen and oxygen atoms in total. The Morgan fingerprint density at radius 1 is 1.22 bits per heavy atom. The van der Waals surface area contributed by atoms with Crippen molar-refractivity contribution >= 4 is 27.3 Å². The molecule has 0 saturated heterocycles. The molecule has 1 aromatic carbocycles. The largest absolute Gasteiger partial charge is 0.322 e. The summed E-state index contributed by atoms with van der Waals surface area (Å²) < 4.78 is 1.08. The number of nitrogens with zero attached hydrogens (tertiary/aromatic N) is 1. The second-order valence-electron chi connectivity index (χ2n) is 4.73. The molecule has 1 unspecified atom stereocenters. The average molecular weight is 325 g/mol. The third kappa shape index (κ3) is 2.82. The fourth-order valence-electron chi connectivity index (χ4n) is 1.72. The fraction of sp³-hybridized carbons (Fsp3) is 0.357. The summed E-state index contributed by atoms with van der Waals surface area (Å²) in [6.45, 7) is 6.35. The zero-order chi connectivity index (χ0) is 13.3. The van der Waals surface area contributed by atoms with Gasteiger partial charge in [0.2, 0.25) is 0 Å². The van der Waals surface area contributed by atoms with E-state index >= 15 is 0 Å². The maximum Gasteiger partial charge on any atom is 0.111 e. The molecule has 0 saturated carbocycles. The molecule has 4 heteroatoms. The van der Waals surface area contributed by atoms with E-state index in [0.717, 1.165) is 20.7 Å². The van der Waals surface area contributed by atoms with Crippen molar-refractivity contribution in [2.45, 2.75) is 26.8 Å². The van der Waals surface area contributed by atoms with Crippen LogP contribution in [0.25, 0.3) is 11.3 Å². The lowest BCUT2D eigenvalue weighted by molar-refractivity contribution is 0.512. The minimum absolute atomic E-state index is 0.0258. The van der Waals surface area contributed by atoms with E-state index in [4.69, 9.17) is 10.7 Å². The molecule has 0 aliphatic heterocycles. The lowest BCUT2D eigenvalue weighted by Crippen LogP contribution is -2.16. The fourth-order valence-corrected chi connectivity index (χ4v) is 3.10. The molecule has 0 amide bonds. The standard InChI is InChI=1S/C14H17BrN2S/c1-8(2)12(16)14-17-13(9(3)18-14)10-4-6-11(15)7-5-10/h4-8,12H,16H2,1-3H3. The van der Waals surface area contributed by atoms with Crippen LogP contribution < -0.4 is 5.73 Å². The Bertz CT molecular complexity index is 531. The first kappa shape index (κ1) is 13.7. The third-order valence-corrected chi connectivity index (χ3v) is 4.53. The van der Waals surface area contributed by atoms with E-state index < -0.39 is 0 Å². The molecule has 1 aromatic heterocycles. The molecule has 2 aromatic rings. The first-order chi connectivity index (χ1) is 8.49. The van der Waals surface area contributed by atoms with E-state index in [-0.39, 0.29) is 6.04 Å². The van der Waals surface area contributed by atoms with Crippen LogP contribution in [0.2, 0.25) is 0 Å². The normalized spacial score (nSPS) is 13.0. The van der Waals surface area contributed by atoms with Gasteiger partial charge in [0.05, 0.1) is 11.7 Å². The Morgan fingerprint density at radius 2 is 1.83 bits per heavy atom. The number of halogens is 1. The Morgan fingerprint density at radius 3 is 2.39 bits per heavy atom. The van der Waals surface area contributed by atoms with Crippen LogP contribution in [0.4, 0.5) is 0 Å². The number of hydrogen-bond donors (Lipinski definition) is 1. The van der Waals surface area contributed by atoms with Crippen LogP contribution in [0.15, 0.2) is 28.7 Å². The average Bonchev–Trinajstić information content (AvgIpc) is 2.71. The number of thiazole rings is 1. The highest BCUT2D eigenvalue weighted by molar-refractivity contribution is 9.10. The third-order valence-electron chi connectivity index (χ3n) is 2.93. The number of hydrogen-bond acceptors (Lipinski definition) is 3. The summed E-state index contributed by atoms with van der Waals surface area (Å²) in [5.41, 5.74) is 8.36. The van der Waals surface area contributed by atoms with Crippen LogP contribution in [0.1, 0.15) is 29.8 Å². The van der Waals surface area contributed by atoms with Crippen molar-refractivity contribution in [2.75, 3.05) is 0 Å². The molecule has 2 N–H and O–H groups in total. The van der Waals surface area contributed by atoms with Crippen molar-refractivity contribution in [2.24, 2.45) is 11.7 Å². The van der Waals surface area contributed by atoms with E-state index in [0.29, 0.717) is 5.92 Å². The Balaban J connectivity index is 2.38. The molecule has 1 heterocycles.